The third-order valence-corrected chi connectivity index (χ3v) is 3.70. The highest BCUT2D eigenvalue weighted by molar-refractivity contribution is 7.91. The molecule has 1 heterocycles. The molecule has 1 saturated heterocycles. The zero-order valence-corrected chi connectivity index (χ0v) is 8.36. The Labute approximate surface area is 77.8 Å². The molecule has 13 heavy (non-hydrogen) atoms. The third-order valence-electron chi connectivity index (χ3n) is 1.93. The molecule has 0 aromatic rings. The quantitative estimate of drug-likeness (QED) is 0.590. The Morgan fingerprint density at radius 2 is 2.23 bits per heavy atom. The molecule has 1 fully saturated rings. The van der Waals surface area contributed by atoms with E-state index >= 15 is 0 Å². The minimum absolute atomic E-state index is 0.0858. The van der Waals surface area contributed by atoms with Crippen LogP contribution >= 0.6 is 0 Å². The average Bonchev–Trinajstić information content (AvgIpc) is 2.30. The first kappa shape index (κ1) is 10.5. The summed E-state index contributed by atoms with van der Waals surface area (Å²) in [7, 11) is -1.22. The minimum atomic E-state index is -2.89. The molecular formula is C7H14N2O3S. The van der Waals surface area contributed by atoms with Crippen LogP contribution in [0.4, 0.5) is 0 Å². The van der Waals surface area contributed by atoms with Crippen molar-refractivity contribution >= 4 is 15.7 Å². The number of nitrogens with one attached hydrogen (secondary N) is 2. The summed E-state index contributed by atoms with van der Waals surface area (Å²) in [6.45, 7) is 0.233. The molecule has 1 rings (SSSR count). The van der Waals surface area contributed by atoms with Crippen LogP contribution < -0.4 is 10.6 Å². The Morgan fingerprint density at radius 1 is 1.54 bits per heavy atom. The second kappa shape index (κ2) is 4.06. The van der Waals surface area contributed by atoms with Crippen LogP contribution in [0.25, 0.3) is 0 Å². The lowest BCUT2D eigenvalue weighted by Crippen LogP contribution is -2.40. The lowest BCUT2D eigenvalue weighted by Gasteiger charge is -2.09. The second-order valence-corrected chi connectivity index (χ2v) is 5.43. The maximum atomic E-state index is 11.0. The Morgan fingerprint density at radius 3 is 2.69 bits per heavy atom. The van der Waals surface area contributed by atoms with Crippen LogP contribution in [0, 0.1) is 0 Å². The minimum Gasteiger partial charge on any atom is -0.351 e. The van der Waals surface area contributed by atoms with Crippen LogP contribution in [0.3, 0.4) is 0 Å². The topological polar surface area (TPSA) is 75.3 Å². The smallest absolute Gasteiger partial charge is 0.234 e. The summed E-state index contributed by atoms with van der Waals surface area (Å²) in [4.78, 5) is 11.0. The highest BCUT2D eigenvalue weighted by Gasteiger charge is 2.28. The van der Waals surface area contributed by atoms with E-state index in [1.165, 1.54) is 0 Å². The molecule has 0 unspecified atom stereocenters. The van der Waals surface area contributed by atoms with Crippen molar-refractivity contribution in [1.29, 1.82) is 0 Å². The van der Waals surface area contributed by atoms with E-state index in [9.17, 15) is 13.2 Å². The van der Waals surface area contributed by atoms with Crippen molar-refractivity contribution in [2.45, 2.75) is 12.5 Å². The van der Waals surface area contributed by atoms with Gasteiger partial charge in [-0.15, -0.1) is 0 Å². The van der Waals surface area contributed by atoms with Gasteiger partial charge in [-0.1, -0.05) is 0 Å². The van der Waals surface area contributed by atoms with Crippen LogP contribution in [-0.4, -0.2) is 45.5 Å². The number of sulfone groups is 1. The first-order chi connectivity index (χ1) is 6.03. The number of carbonyl (C=O) groups is 1. The van der Waals surface area contributed by atoms with Gasteiger partial charge in [0.05, 0.1) is 18.1 Å². The molecule has 0 spiro atoms. The first-order valence-corrected chi connectivity index (χ1v) is 6.00. The molecule has 6 heteroatoms. The number of amides is 1. The van der Waals surface area contributed by atoms with Gasteiger partial charge in [0.2, 0.25) is 5.91 Å². The molecule has 0 radical (unpaired) electrons. The van der Waals surface area contributed by atoms with Crippen LogP contribution in [0.15, 0.2) is 0 Å². The van der Waals surface area contributed by atoms with E-state index in [2.05, 4.69) is 10.6 Å². The van der Waals surface area contributed by atoms with Crippen molar-refractivity contribution < 1.29 is 13.2 Å². The summed E-state index contributed by atoms with van der Waals surface area (Å²) in [5.41, 5.74) is 0. The average molecular weight is 206 g/mol. The Kier molecular flexibility index (Phi) is 3.27. The Balaban J connectivity index is 2.36. The normalized spacial score (nSPS) is 25.8. The maximum absolute atomic E-state index is 11.0. The molecule has 1 aliphatic rings. The first-order valence-electron chi connectivity index (χ1n) is 4.18. The highest BCUT2D eigenvalue weighted by atomic mass is 32.2. The summed E-state index contributed by atoms with van der Waals surface area (Å²) in [5, 5.41) is 5.36. The molecular weight excluding hydrogens is 192 g/mol. The fourth-order valence-corrected chi connectivity index (χ4v) is 3.02. The van der Waals surface area contributed by atoms with E-state index in [1.54, 1.807) is 7.05 Å². The van der Waals surface area contributed by atoms with Gasteiger partial charge in [-0.05, 0) is 13.5 Å². The SMILES string of the molecule is CNCC(=O)N[C@H]1CCS(=O)(=O)C1. The summed E-state index contributed by atoms with van der Waals surface area (Å²) in [6, 6.07) is -0.189. The van der Waals surface area contributed by atoms with Crippen molar-refractivity contribution in [2.24, 2.45) is 0 Å². The maximum Gasteiger partial charge on any atom is 0.234 e. The van der Waals surface area contributed by atoms with Crippen LogP contribution in [-0.2, 0) is 14.6 Å². The van der Waals surface area contributed by atoms with E-state index in [0.29, 0.717) is 6.42 Å². The number of hydrogen-bond donors (Lipinski definition) is 2. The largest absolute Gasteiger partial charge is 0.351 e. The van der Waals surface area contributed by atoms with E-state index in [-0.39, 0.29) is 30.0 Å². The van der Waals surface area contributed by atoms with Gasteiger partial charge in [0.25, 0.3) is 0 Å². The lowest BCUT2D eigenvalue weighted by atomic mass is 10.2. The Bertz CT molecular complexity index is 286. The van der Waals surface area contributed by atoms with Crippen molar-refractivity contribution in [3.8, 4) is 0 Å². The molecule has 0 aliphatic carbocycles. The lowest BCUT2D eigenvalue weighted by molar-refractivity contribution is -0.120. The molecule has 1 atom stereocenters. The number of likely N-dealkylation sites (N-methyl/N-ethyl adjacent to an activating group) is 1. The zero-order chi connectivity index (χ0) is 9.90. The van der Waals surface area contributed by atoms with Gasteiger partial charge in [-0.2, -0.15) is 0 Å². The summed E-state index contributed by atoms with van der Waals surface area (Å²) in [6.07, 6.45) is 0.539. The van der Waals surface area contributed by atoms with Crippen LogP contribution in [0.2, 0.25) is 0 Å². The number of hydrogen-bond acceptors (Lipinski definition) is 4. The van der Waals surface area contributed by atoms with Gasteiger partial charge in [-0.25, -0.2) is 8.42 Å². The number of rotatable bonds is 3. The Hall–Kier alpha value is -0.620. The fourth-order valence-electron chi connectivity index (χ4n) is 1.35. The van der Waals surface area contributed by atoms with Gasteiger partial charge in [0, 0.05) is 6.04 Å². The molecule has 0 bridgehead atoms. The van der Waals surface area contributed by atoms with Crippen LogP contribution in [0.5, 0.6) is 0 Å². The van der Waals surface area contributed by atoms with Gasteiger partial charge < -0.3 is 10.6 Å². The molecule has 0 aromatic carbocycles. The van der Waals surface area contributed by atoms with E-state index in [4.69, 9.17) is 0 Å². The van der Waals surface area contributed by atoms with Gasteiger partial charge >= 0.3 is 0 Å². The predicted octanol–water partition coefficient (Wildman–Crippen LogP) is -1.49. The monoisotopic (exact) mass is 206 g/mol. The van der Waals surface area contributed by atoms with Crippen molar-refractivity contribution in [2.75, 3.05) is 25.1 Å². The molecule has 1 amide bonds. The molecule has 0 saturated carbocycles. The summed E-state index contributed by atoms with van der Waals surface area (Å²) >= 11 is 0. The standard InChI is InChI=1S/C7H14N2O3S/c1-8-4-7(10)9-6-2-3-13(11,12)5-6/h6,8H,2-5H2,1H3,(H,9,10)/t6-/m0/s1. The summed E-state index contributed by atoms with van der Waals surface area (Å²) in [5.74, 6) is 0.129. The molecule has 1 aliphatic heterocycles. The van der Waals surface area contributed by atoms with Gasteiger partial charge in [0.1, 0.15) is 0 Å². The van der Waals surface area contributed by atoms with Crippen molar-refractivity contribution in [3.63, 3.8) is 0 Å². The second-order valence-electron chi connectivity index (χ2n) is 3.20. The van der Waals surface area contributed by atoms with Gasteiger partial charge in [-0.3, -0.25) is 4.79 Å². The van der Waals surface area contributed by atoms with E-state index < -0.39 is 9.84 Å². The zero-order valence-electron chi connectivity index (χ0n) is 7.54. The van der Waals surface area contributed by atoms with Crippen molar-refractivity contribution in [1.82, 2.24) is 10.6 Å². The van der Waals surface area contributed by atoms with E-state index in [0.717, 1.165) is 0 Å². The van der Waals surface area contributed by atoms with Crippen molar-refractivity contribution in [3.05, 3.63) is 0 Å². The molecule has 2 N–H and O–H groups in total. The summed E-state index contributed by atoms with van der Waals surface area (Å²) < 4.78 is 22.0. The molecule has 5 nitrogen and oxygen atoms in total. The third kappa shape index (κ3) is 3.31. The van der Waals surface area contributed by atoms with E-state index in [1.807, 2.05) is 0 Å². The molecule has 76 valence electrons. The number of carbonyl (C=O) groups excluding carboxylic acids is 1. The fraction of sp³-hybridized carbons (Fsp3) is 0.857. The highest BCUT2D eigenvalue weighted by Crippen LogP contribution is 2.10. The van der Waals surface area contributed by atoms with Gasteiger partial charge in [0.15, 0.2) is 9.84 Å². The predicted molar refractivity (Wildman–Crippen MR) is 49.1 cm³/mol. The molecule has 0 aromatic heterocycles. The van der Waals surface area contributed by atoms with Crippen LogP contribution in [0.1, 0.15) is 6.42 Å².